The highest BCUT2D eigenvalue weighted by molar-refractivity contribution is 9.10. The van der Waals surface area contributed by atoms with Gasteiger partial charge in [0.25, 0.3) is 0 Å². The van der Waals surface area contributed by atoms with Crippen LogP contribution in [0, 0.1) is 5.41 Å². The van der Waals surface area contributed by atoms with E-state index in [4.69, 9.17) is 0 Å². The van der Waals surface area contributed by atoms with Crippen molar-refractivity contribution in [3.05, 3.63) is 98.8 Å². The molecule has 2 aliphatic carbocycles. The number of benzene rings is 2. The Labute approximate surface area is 187 Å². The molecule has 2 aliphatic rings. The fourth-order valence-electron chi connectivity index (χ4n) is 5.99. The van der Waals surface area contributed by atoms with E-state index < -0.39 is 0 Å². The number of aromatic nitrogens is 1. The Morgan fingerprint density at radius 2 is 1.33 bits per heavy atom. The van der Waals surface area contributed by atoms with Gasteiger partial charge in [-0.05, 0) is 70.8 Å². The van der Waals surface area contributed by atoms with E-state index in [0.29, 0.717) is 11.8 Å². The van der Waals surface area contributed by atoms with Gasteiger partial charge in [-0.2, -0.15) is 0 Å². The minimum Gasteiger partial charge on any atom is -0.265 e. The molecule has 2 unspecified atom stereocenters. The molecule has 1 heterocycles. The lowest BCUT2D eigenvalue weighted by atomic mass is 9.62. The van der Waals surface area contributed by atoms with Crippen molar-refractivity contribution in [3.8, 4) is 11.1 Å². The number of halogens is 1. The largest absolute Gasteiger partial charge is 0.265 e. The standard InChI is InChI=1S/C28H26BrN/c1-17-15-23-20(19-11-13-30-14-12-19)7-5-8-21(23)26(17)28(3,4)27-18(2)16-24-22(27)9-6-10-25(24)29/h5-16,26-27H,1-4H3. The normalized spacial score (nSPS) is 19.9. The van der Waals surface area contributed by atoms with E-state index in [-0.39, 0.29) is 5.41 Å². The van der Waals surface area contributed by atoms with Gasteiger partial charge in [-0.15, -0.1) is 0 Å². The van der Waals surface area contributed by atoms with Gasteiger partial charge in [0.1, 0.15) is 0 Å². The second-order valence-corrected chi connectivity index (χ2v) is 10.1. The Bertz CT molecular complexity index is 1200. The van der Waals surface area contributed by atoms with Crippen molar-refractivity contribution in [2.45, 2.75) is 39.5 Å². The predicted molar refractivity (Wildman–Crippen MR) is 130 cm³/mol. The fraction of sp³-hybridized carbons (Fsp3) is 0.250. The molecule has 1 nitrogen and oxygen atoms in total. The molecular weight excluding hydrogens is 430 g/mol. The first-order valence-corrected chi connectivity index (χ1v) is 11.4. The van der Waals surface area contributed by atoms with Crippen LogP contribution in [-0.2, 0) is 0 Å². The smallest absolute Gasteiger partial charge is 0.0273 e. The highest BCUT2D eigenvalue weighted by Crippen LogP contribution is 2.59. The molecule has 5 rings (SSSR count). The third-order valence-corrected chi connectivity index (χ3v) is 7.67. The summed E-state index contributed by atoms with van der Waals surface area (Å²) in [5, 5.41) is 0. The first-order valence-electron chi connectivity index (χ1n) is 10.6. The van der Waals surface area contributed by atoms with E-state index in [9.17, 15) is 0 Å². The van der Waals surface area contributed by atoms with Crippen LogP contribution in [0.2, 0.25) is 0 Å². The maximum atomic E-state index is 4.20. The van der Waals surface area contributed by atoms with Crippen molar-refractivity contribution in [2.75, 3.05) is 0 Å². The van der Waals surface area contributed by atoms with E-state index in [1.54, 1.807) is 0 Å². The molecule has 0 N–H and O–H groups in total. The van der Waals surface area contributed by atoms with Crippen LogP contribution < -0.4 is 0 Å². The third kappa shape index (κ3) is 2.85. The van der Waals surface area contributed by atoms with E-state index in [1.807, 2.05) is 12.4 Å². The number of allylic oxidation sites excluding steroid dienone is 2. The van der Waals surface area contributed by atoms with Gasteiger partial charge in [-0.1, -0.05) is 83.4 Å². The van der Waals surface area contributed by atoms with E-state index >= 15 is 0 Å². The highest BCUT2D eigenvalue weighted by Gasteiger charge is 2.45. The minimum atomic E-state index is 0.0509. The monoisotopic (exact) mass is 455 g/mol. The average molecular weight is 456 g/mol. The van der Waals surface area contributed by atoms with Gasteiger partial charge in [0, 0.05) is 28.7 Å². The second-order valence-electron chi connectivity index (χ2n) is 9.25. The van der Waals surface area contributed by atoms with E-state index in [2.05, 4.69) is 109 Å². The van der Waals surface area contributed by atoms with Gasteiger partial charge in [0.05, 0.1) is 0 Å². The molecular formula is C28H26BrN. The van der Waals surface area contributed by atoms with Crippen molar-refractivity contribution in [1.82, 2.24) is 4.98 Å². The quantitative estimate of drug-likeness (QED) is 0.387. The van der Waals surface area contributed by atoms with Crippen LogP contribution in [0.3, 0.4) is 0 Å². The summed E-state index contributed by atoms with van der Waals surface area (Å²) >= 11 is 3.76. The zero-order chi connectivity index (χ0) is 21.0. The molecule has 0 saturated heterocycles. The molecule has 2 aromatic carbocycles. The lowest BCUT2D eigenvalue weighted by Crippen LogP contribution is -2.29. The van der Waals surface area contributed by atoms with Gasteiger partial charge in [-0.25, -0.2) is 0 Å². The van der Waals surface area contributed by atoms with Crippen LogP contribution in [0.1, 0.15) is 61.8 Å². The summed E-state index contributed by atoms with van der Waals surface area (Å²) in [4.78, 5) is 4.20. The third-order valence-electron chi connectivity index (χ3n) is 6.98. The molecule has 2 atom stereocenters. The topological polar surface area (TPSA) is 12.9 Å². The first kappa shape index (κ1) is 19.5. The molecule has 0 radical (unpaired) electrons. The van der Waals surface area contributed by atoms with Gasteiger partial charge in [-0.3, -0.25) is 4.98 Å². The van der Waals surface area contributed by atoms with E-state index in [0.717, 1.165) is 0 Å². The average Bonchev–Trinajstić information content (AvgIpc) is 3.25. The number of nitrogens with zero attached hydrogens (tertiary/aromatic N) is 1. The molecule has 0 aliphatic heterocycles. The number of fused-ring (bicyclic) bond motifs is 2. The Kier molecular flexibility index (Phi) is 4.59. The summed E-state index contributed by atoms with van der Waals surface area (Å²) in [5.41, 5.74) is 11.1. The number of hydrogen-bond acceptors (Lipinski definition) is 1. The maximum Gasteiger partial charge on any atom is 0.0273 e. The van der Waals surface area contributed by atoms with Crippen molar-refractivity contribution in [1.29, 1.82) is 0 Å². The van der Waals surface area contributed by atoms with E-state index in [1.165, 1.54) is 49.0 Å². The zero-order valence-corrected chi connectivity index (χ0v) is 19.5. The summed E-state index contributed by atoms with van der Waals surface area (Å²) in [7, 11) is 0. The Balaban J connectivity index is 1.64. The van der Waals surface area contributed by atoms with Gasteiger partial charge in [0.2, 0.25) is 0 Å². The molecule has 0 saturated carbocycles. The highest BCUT2D eigenvalue weighted by atomic mass is 79.9. The molecule has 0 spiro atoms. The second kappa shape index (κ2) is 7.06. The lowest BCUT2D eigenvalue weighted by Gasteiger charge is -2.41. The van der Waals surface area contributed by atoms with Crippen molar-refractivity contribution in [3.63, 3.8) is 0 Å². The molecule has 1 aromatic heterocycles. The Morgan fingerprint density at radius 3 is 2.00 bits per heavy atom. The molecule has 3 aromatic rings. The van der Waals surface area contributed by atoms with Crippen molar-refractivity contribution >= 4 is 28.1 Å². The van der Waals surface area contributed by atoms with Crippen LogP contribution in [0.5, 0.6) is 0 Å². The lowest BCUT2D eigenvalue weighted by molar-refractivity contribution is 0.275. The van der Waals surface area contributed by atoms with Gasteiger partial charge >= 0.3 is 0 Å². The fourth-order valence-corrected chi connectivity index (χ4v) is 6.49. The van der Waals surface area contributed by atoms with Crippen molar-refractivity contribution in [2.24, 2.45) is 5.41 Å². The number of rotatable bonds is 3. The summed E-state index contributed by atoms with van der Waals surface area (Å²) in [6, 6.07) is 17.6. The molecule has 150 valence electrons. The van der Waals surface area contributed by atoms with Crippen LogP contribution in [0.4, 0.5) is 0 Å². The Morgan fingerprint density at radius 1 is 0.767 bits per heavy atom. The SMILES string of the molecule is CC1=Cc2c(Br)cccc2C1C(C)(C)C1C(C)=Cc2c(-c3ccncc3)cccc21. The summed E-state index contributed by atoms with van der Waals surface area (Å²) in [5.74, 6) is 0.779. The van der Waals surface area contributed by atoms with Crippen LogP contribution in [-0.4, -0.2) is 4.98 Å². The maximum absolute atomic E-state index is 4.20. The van der Waals surface area contributed by atoms with Crippen LogP contribution in [0.25, 0.3) is 23.3 Å². The summed E-state index contributed by atoms with van der Waals surface area (Å²) < 4.78 is 1.19. The molecule has 30 heavy (non-hydrogen) atoms. The van der Waals surface area contributed by atoms with Crippen LogP contribution in [0.15, 0.2) is 76.5 Å². The Hall–Kier alpha value is -2.45. The first-order chi connectivity index (χ1) is 14.4. The number of pyridine rings is 1. The molecule has 2 heteroatoms. The van der Waals surface area contributed by atoms with Gasteiger partial charge in [0.15, 0.2) is 0 Å². The molecule has 0 bridgehead atoms. The molecule has 0 fully saturated rings. The zero-order valence-electron chi connectivity index (χ0n) is 17.9. The summed E-state index contributed by atoms with van der Waals surface area (Å²) in [6.45, 7) is 9.49. The molecule has 0 amide bonds. The van der Waals surface area contributed by atoms with Gasteiger partial charge < -0.3 is 0 Å². The number of hydrogen-bond donors (Lipinski definition) is 0. The van der Waals surface area contributed by atoms with Crippen molar-refractivity contribution < 1.29 is 0 Å². The predicted octanol–water partition coefficient (Wildman–Crippen LogP) is 8.24. The van der Waals surface area contributed by atoms with Crippen LogP contribution >= 0.6 is 15.9 Å². The minimum absolute atomic E-state index is 0.0509. The summed E-state index contributed by atoms with van der Waals surface area (Å²) in [6.07, 6.45) is 8.54.